The van der Waals surface area contributed by atoms with E-state index in [-0.39, 0.29) is 37.2 Å². The van der Waals surface area contributed by atoms with Gasteiger partial charge in [-0.3, -0.25) is 28.8 Å². The van der Waals surface area contributed by atoms with Gasteiger partial charge in [-0.15, -0.1) is 0 Å². The second kappa shape index (κ2) is 19.1. The number of hydrogen-bond donors (Lipinski definition) is 2. The van der Waals surface area contributed by atoms with Gasteiger partial charge in [-0.25, -0.2) is 0 Å². The van der Waals surface area contributed by atoms with E-state index in [4.69, 9.17) is 23.7 Å². The fraction of sp³-hybridized carbons (Fsp3) is 0.786. The SMILES string of the molecule is CC(=O)NC1C(OCCCCC(=O)NCCCCCC(=O)C(C)C)OC(COC(C)=O)C(OC(C)=O)C1OC(C)=O. The molecule has 5 unspecified atom stereocenters. The van der Waals surface area contributed by atoms with Crippen LogP contribution in [0.25, 0.3) is 0 Å². The second-order valence-corrected chi connectivity index (χ2v) is 10.3. The van der Waals surface area contributed by atoms with Crippen molar-refractivity contribution in [1.82, 2.24) is 10.6 Å². The van der Waals surface area contributed by atoms with Gasteiger partial charge in [0, 0.05) is 59.6 Å². The van der Waals surface area contributed by atoms with Gasteiger partial charge < -0.3 is 34.3 Å². The van der Waals surface area contributed by atoms with E-state index >= 15 is 0 Å². The highest BCUT2D eigenvalue weighted by atomic mass is 16.7. The molecule has 0 saturated carbocycles. The highest BCUT2D eigenvalue weighted by molar-refractivity contribution is 5.80. The number of ketones is 1. The minimum absolute atomic E-state index is 0.0507. The van der Waals surface area contributed by atoms with Crippen LogP contribution in [-0.2, 0) is 52.5 Å². The Morgan fingerprint density at radius 3 is 2.00 bits per heavy atom. The van der Waals surface area contributed by atoms with Crippen molar-refractivity contribution in [3.05, 3.63) is 0 Å². The van der Waals surface area contributed by atoms with Crippen LogP contribution < -0.4 is 10.6 Å². The molecular weight excluding hydrogens is 540 g/mol. The summed E-state index contributed by atoms with van der Waals surface area (Å²) in [5.41, 5.74) is 0. The third kappa shape index (κ3) is 14.9. The molecule has 0 aromatic heterocycles. The molecule has 2 amide bonds. The maximum atomic E-state index is 12.1. The zero-order valence-electron chi connectivity index (χ0n) is 25.0. The van der Waals surface area contributed by atoms with Gasteiger partial charge in [0.2, 0.25) is 11.8 Å². The number of hydrogen-bond acceptors (Lipinski definition) is 11. The maximum absolute atomic E-state index is 12.1. The lowest BCUT2D eigenvalue weighted by Crippen LogP contribution is -2.66. The van der Waals surface area contributed by atoms with Crippen molar-refractivity contribution in [3.63, 3.8) is 0 Å². The number of Topliss-reactive ketones (excluding diaryl/α,β-unsaturated/α-hetero) is 1. The molecule has 13 heteroatoms. The van der Waals surface area contributed by atoms with Crippen molar-refractivity contribution < 1.29 is 52.5 Å². The molecule has 2 N–H and O–H groups in total. The van der Waals surface area contributed by atoms with Crippen LogP contribution in [-0.4, -0.2) is 85.9 Å². The summed E-state index contributed by atoms with van der Waals surface area (Å²) in [5.74, 6) is -2.23. The van der Waals surface area contributed by atoms with Crippen LogP contribution in [0.5, 0.6) is 0 Å². The van der Waals surface area contributed by atoms with E-state index in [2.05, 4.69) is 10.6 Å². The highest BCUT2D eigenvalue weighted by Crippen LogP contribution is 2.28. The van der Waals surface area contributed by atoms with Gasteiger partial charge in [0.15, 0.2) is 18.5 Å². The molecule has 0 bridgehead atoms. The van der Waals surface area contributed by atoms with Gasteiger partial charge in [-0.2, -0.15) is 0 Å². The van der Waals surface area contributed by atoms with Crippen molar-refractivity contribution in [2.75, 3.05) is 19.8 Å². The number of esters is 3. The Labute approximate surface area is 241 Å². The molecule has 5 atom stereocenters. The van der Waals surface area contributed by atoms with E-state index in [1.165, 1.54) is 20.8 Å². The summed E-state index contributed by atoms with van der Waals surface area (Å²) in [6, 6.07) is -1.03. The average molecular weight is 587 g/mol. The Bertz CT molecular complexity index is 892. The highest BCUT2D eigenvalue weighted by Gasteiger charge is 2.51. The zero-order valence-corrected chi connectivity index (χ0v) is 25.0. The fourth-order valence-electron chi connectivity index (χ4n) is 4.23. The van der Waals surface area contributed by atoms with Crippen molar-refractivity contribution in [3.8, 4) is 0 Å². The fourth-order valence-corrected chi connectivity index (χ4v) is 4.23. The van der Waals surface area contributed by atoms with E-state index in [0.717, 1.165) is 26.2 Å². The Balaban J connectivity index is 2.66. The third-order valence-electron chi connectivity index (χ3n) is 6.22. The van der Waals surface area contributed by atoms with Gasteiger partial charge in [-0.05, 0) is 25.7 Å². The first kappa shape index (κ1) is 36.0. The van der Waals surface area contributed by atoms with Crippen LogP contribution in [0.1, 0.15) is 86.5 Å². The van der Waals surface area contributed by atoms with Crippen LogP contribution in [0.4, 0.5) is 0 Å². The quantitative estimate of drug-likeness (QED) is 0.136. The molecule has 41 heavy (non-hydrogen) atoms. The number of amides is 2. The molecule has 0 radical (unpaired) electrons. The van der Waals surface area contributed by atoms with Crippen LogP contribution in [0.2, 0.25) is 0 Å². The predicted octanol–water partition coefficient (Wildman–Crippen LogP) is 1.73. The normalized spacial score (nSPS) is 22.0. The molecule has 1 heterocycles. The first-order chi connectivity index (χ1) is 19.3. The summed E-state index contributed by atoms with van der Waals surface area (Å²) in [7, 11) is 0. The molecule has 0 aromatic rings. The molecular formula is C28H46N2O11. The van der Waals surface area contributed by atoms with Crippen molar-refractivity contribution >= 4 is 35.5 Å². The molecule has 1 aliphatic heterocycles. The van der Waals surface area contributed by atoms with E-state index < -0.39 is 54.5 Å². The number of unbranched alkanes of at least 4 members (excludes halogenated alkanes) is 3. The minimum Gasteiger partial charge on any atom is -0.463 e. The number of nitrogens with one attached hydrogen (secondary N) is 2. The Hall–Kier alpha value is -3.06. The summed E-state index contributed by atoms with van der Waals surface area (Å²) in [4.78, 5) is 70.9. The van der Waals surface area contributed by atoms with Crippen molar-refractivity contribution in [2.24, 2.45) is 5.92 Å². The standard InChI is InChI=1S/C28H46N2O11/c1-17(2)22(35)12-8-7-10-14-29-24(36)13-9-11-15-37-28-25(30-18(3)31)27(40-21(6)34)26(39-20(5)33)23(41-28)16-38-19(4)32/h17,23,25-28H,7-16H2,1-6H3,(H,29,36)(H,30,31). The molecule has 13 nitrogen and oxygen atoms in total. The Morgan fingerprint density at radius 2 is 1.41 bits per heavy atom. The first-order valence-electron chi connectivity index (χ1n) is 14.1. The van der Waals surface area contributed by atoms with Crippen molar-refractivity contribution in [1.29, 1.82) is 0 Å². The van der Waals surface area contributed by atoms with Crippen LogP contribution in [0, 0.1) is 5.92 Å². The zero-order chi connectivity index (χ0) is 30.9. The second-order valence-electron chi connectivity index (χ2n) is 10.3. The number of rotatable bonds is 18. The van der Waals surface area contributed by atoms with E-state index in [0.29, 0.717) is 25.8 Å². The van der Waals surface area contributed by atoms with Crippen LogP contribution >= 0.6 is 0 Å². The van der Waals surface area contributed by atoms with Gasteiger partial charge in [0.1, 0.15) is 24.5 Å². The lowest BCUT2D eigenvalue weighted by Gasteiger charge is -2.44. The van der Waals surface area contributed by atoms with E-state index in [1.54, 1.807) is 0 Å². The lowest BCUT2D eigenvalue weighted by atomic mass is 9.96. The lowest BCUT2D eigenvalue weighted by molar-refractivity contribution is -0.277. The van der Waals surface area contributed by atoms with E-state index in [9.17, 15) is 28.8 Å². The summed E-state index contributed by atoms with van der Waals surface area (Å²) in [6.45, 7) is 8.95. The molecule has 1 rings (SSSR count). The van der Waals surface area contributed by atoms with E-state index in [1.807, 2.05) is 13.8 Å². The monoisotopic (exact) mass is 586 g/mol. The maximum Gasteiger partial charge on any atom is 0.303 e. The predicted molar refractivity (Wildman–Crippen MR) is 145 cm³/mol. The van der Waals surface area contributed by atoms with Gasteiger partial charge >= 0.3 is 17.9 Å². The van der Waals surface area contributed by atoms with Crippen LogP contribution in [0.3, 0.4) is 0 Å². The smallest absolute Gasteiger partial charge is 0.303 e. The third-order valence-corrected chi connectivity index (χ3v) is 6.22. The molecule has 0 spiro atoms. The largest absolute Gasteiger partial charge is 0.463 e. The van der Waals surface area contributed by atoms with Gasteiger partial charge in [0.05, 0.1) is 0 Å². The average Bonchev–Trinajstić information content (AvgIpc) is 2.86. The van der Waals surface area contributed by atoms with Crippen LogP contribution in [0.15, 0.2) is 0 Å². The topological polar surface area (TPSA) is 173 Å². The molecule has 0 aromatic carbocycles. The molecule has 234 valence electrons. The number of carbonyl (C=O) groups is 6. The number of carbonyl (C=O) groups excluding carboxylic acids is 6. The van der Waals surface area contributed by atoms with Gasteiger partial charge in [0.25, 0.3) is 0 Å². The Kier molecular flexibility index (Phi) is 16.8. The summed E-state index contributed by atoms with van der Waals surface area (Å²) in [6.07, 6.45) is -0.210. The first-order valence-corrected chi connectivity index (χ1v) is 14.1. The number of ether oxygens (including phenoxy) is 5. The van der Waals surface area contributed by atoms with Gasteiger partial charge in [-0.1, -0.05) is 20.3 Å². The molecule has 1 saturated heterocycles. The molecule has 1 fully saturated rings. The van der Waals surface area contributed by atoms with Crippen molar-refractivity contribution in [2.45, 2.75) is 117 Å². The Morgan fingerprint density at radius 1 is 0.780 bits per heavy atom. The molecule has 0 aliphatic carbocycles. The summed E-state index contributed by atoms with van der Waals surface area (Å²) >= 11 is 0. The minimum atomic E-state index is -1.19. The summed E-state index contributed by atoms with van der Waals surface area (Å²) < 4.78 is 27.6. The summed E-state index contributed by atoms with van der Waals surface area (Å²) in [5, 5.41) is 5.50. The molecule has 1 aliphatic rings.